The quantitative estimate of drug-likeness (QED) is 0.646. The van der Waals surface area contributed by atoms with Gasteiger partial charge >= 0.3 is 0 Å². The lowest BCUT2D eigenvalue weighted by Crippen LogP contribution is -2.53. The number of carbonyl (C=O) groups excluding carboxylic acids is 1. The third-order valence-electron chi connectivity index (χ3n) is 3.83. The van der Waals surface area contributed by atoms with Crippen LogP contribution in [0, 0.1) is 11.8 Å². The Morgan fingerprint density at radius 2 is 2.12 bits per heavy atom. The normalized spacial score (nSPS) is 28.1. The number of rotatable bonds is 1. The standard InChI is InChI=1S/C12H17BN2O2/c13-10-1-2-17-11(10)12(16)15-6-8-3-9(7-15)5-14-4-8/h1-2,8-9,14H,3-7,13H2. The number of piperidine rings is 2. The van der Waals surface area contributed by atoms with E-state index in [2.05, 4.69) is 5.32 Å². The van der Waals surface area contributed by atoms with E-state index < -0.39 is 0 Å². The number of hydrogen-bond acceptors (Lipinski definition) is 3. The van der Waals surface area contributed by atoms with E-state index in [0.717, 1.165) is 31.6 Å². The van der Waals surface area contributed by atoms with E-state index in [-0.39, 0.29) is 5.91 Å². The zero-order valence-corrected chi connectivity index (χ0v) is 10.1. The first-order valence-corrected chi connectivity index (χ1v) is 6.28. The van der Waals surface area contributed by atoms with E-state index in [1.807, 2.05) is 18.8 Å². The summed E-state index contributed by atoms with van der Waals surface area (Å²) in [4.78, 5) is 14.3. The maximum absolute atomic E-state index is 12.3. The summed E-state index contributed by atoms with van der Waals surface area (Å²) in [6, 6.07) is 1.85. The molecule has 0 aliphatic carbocycles. The smallest absolute Gasteiger partial charge is 0.288 e. The summed E-state index contributed by atoms with van der Waals surface area (Å²) in [6.07, 6.45) is 2.85. The second-order valence-corrected chi connectivity index (χ2v) is 5.27. The molecule has 1 amide bonds. The summed E-state index contributed by atoms with van der Waals surface area (Å²) >= 11 is 0. The van der Waals surface area contributed by atoms with Gasteiger partial charge in [-0.3, -0.25) is 4.79 Å². The summed E-state index contributed by atoms with van der Waals surface area (Å²) in [7, 11) is 1.92. The van der Waals surface area contributed by atoms with Crippen LogP contribution in [0.15, 0.2) is 16.7 Å². The van der Waals surface area contributed by atoms with Crippen molar-refractivity contribution < 1.29 is 9.21 Å². The molecule has 2 bridgehead atoms. The first-order chi connectivity index (χ1) is 8.24. The Labute approximate surface area is 102 Å². The molecule has 2 aliphatic heterocycles. The van der Waals surface area contributed by atoms with E-state index >= 15 is 0 Å². The van der Waals surface area contributed by atoms with Gasteiger partial charge in [-0.05, 0) is 42.9 Å². The largest absolute Gasteiger partial charge is 0.460 e. The zero-order valence-electron chi connectivity index (χ0n) is 10.1. The molecule has 1 aromatic heterocycles. The molecule has 0 saturated carbocycles. The molecular weight excluding hydrogens is 215 g/mol. The van der Waals surface area contributed by atoms with Crippen LogP contribution in [0.3, 0.4) is 0 Å². The van der Waals surface area contributed by atoms with Crippen molar-refractivity contribution in [3.63, 3.8) is 0 Å². The Morgan fingerprint density at radius 3 is 2.71 bits per heavy atom. The first kappa shape index (κ1) is 10.9. The number of amides is 1. The zero-order chi connectivity index (χ0) is 11.8. The molecule has 90 valence electrons. The molecule has 1 aromatic rings. The summed E-state index contributed by atoms with van der Waals surface area (Å²) in [5.74, 6) is 1.80. The van der Waals surface area contributed by atoms with E-state index in [1.54, 1.807) is 6.26 Å². The Kier molecular flexibility index (Phi) is 2.71. The summed E-state index contributed by atoms with van der Waals surface area (Å²) < 4.78 is 5.29. The lowest BCUT2D eigenvalue weighted by molar-refractivity contribution is 0.0510. The fourth-order valence-corrected chi connectivity index (χ4v) is 3.01. The highest BCUT2D eigenvalue weighted by Gasteiger charge is 2.33. The van der Waals surface area contributed by atoms with E-state index in [0.29, 0.717) is 17.6 Å². The molecular formula is C12H17BN2O2. The van der Waals surface area contributed by atoms with E-state index in [4.69, 9.17) is 4.42 Å². The third kappa shape index (κ3) is 1.99. The SMILES string of the molecule is Bc1ccoc1C(=O)N1CC2CNCC(C2)C1. The van der Waals surface area contributed by atoms with Gasteiger partial charge in [0.15, 0.2) is 5.76 Å². The maximum Gasteiger partial charge on any atom is 0.288 e. The second kappa shape index (κ2) is 4.22. The molecule has 1 N–H and O–H groups in total. The van der Waals surface area contributed by atoms with Crippen molar-refractivity contribution in [1.82, 2.24) is 10.2 Å². The molecule has 4 nitrogen and oxygen atoms in total. The molecule has 5 heteroatoms. The summed E-state index contributed by atoms with van der Waals surface area (Å²) in [5, 5.41) is 3.43. The van der Waals surface area contributed by atoms with Gasteiger partial charge in [-0.1, -0.05) is 0 Å². The number of nitrogens with one attached hydrogen (secondary N) is 1. The third-order valence-corrected chi connectivity index (χ3v) is 3.83. The highest BCUT2D eigenvalue weighted by Crippen LogP contribution is 2.25. The van der Waals surface area contributed by atoms with Crippen molar-refractivity contribution in [2.75, 3.05) is 26.2 Å². The Morgan fingerprint density at radius 1 is 1.41 bits per heavy atom. The van der Waals surface area contributed by atoms with Crippen LogP contribution in [0.1, 0.15) is 17.0 Å². The summed E-state index contributed by atoms with van der Waals surface area (Å²) in [6.45, 7) is 3.81. The molecule has 0 spiro atoms. The molecule has 2 atom stereocenters. The number of carbonyl (C=O) groups is 1. The average molecular weight is 232 g/mol. The number of furan rings is 1. The molecule has 3 rings (SSSR count). The lowest BCUT2D eigenvalue weighted by atomic mass is 9.85. The van der Waals surface area contributed by atoms with Crippen LogP contribution in [0.25, 0.3) is 0 Å². The molecule has 2 unspecified atom stereocenters. The molecule has 17 heavy (non-hydrogen) atoms. The van der Waals surface area contributed by atoms with Gasteiger partial charge in [-0.15, -0.1) is 0 Å². The Hall–Kier alpha value is -1.23. The molecule has 0 radical (unpaired) electrons. The minimum atomic E-state index is 0.0594. The van der Waals surface area contributed by atoms with Gasteiger partial charge < -0.3 is 14.6 Å². The monoisotopic (exact) mass is 232 g/mol. The molecule has 3 heterocycles. The van der Waals surface area contributed by atoms with Crippen molar-refractivity contribution in [2.24, 2.45) is 11.8 Å². The van der Waals surface area contributed by atoms with Gasteiger partial charge in [0.2, 0.25) is 0 Å². The van der Waals surface area contributed by atoms with E-state index in [9.17, 15) is 4.79 Å². The van der Waals surface area contributed by atoms with Crippen molar-refractivity contribution >= 4 is 19.2 Å². The number of likely N-dealkylation sites (tertiary alicyclic amines) is 1. The van der Waals surface area contributed by atoms with Crippen LogP contribution in [-0.4, -0.2) is 44.8 Å². The van der Waals surface area contributed by atoms with Gasteiger partial charge in [-0.25, -0.2) is 0 Å². The van der Waals surface area contributed by atoms with Crippen molar-refractivity contribution in [1.29, 1.82) is 0 Å². The van der Waals surface area contributed by atoms with E-state index in [1.165, 1.54) is 6.42 Å². The van der Waals surface area contributed by atoms with Gasteiger partial charge in [-0.2, -0.15) is 0 Å². The fraction of sp³-hybridized carbons (Fsp3) is 0.583. The highest BCUT2D eigenvalue weighted by molar-refractivity contribution is 6.35. The minimum absolute atomic E-state index is 0.0594. The van der Waals surface area contributed by atoms with Crippen LogP contribution >= 0.6 is 0 Å². The topological polar surface area (TPSA) is 45.5 Å². The average Bonchev–Trinajstić information content (AvgIpc) is 2.74. The first-order valence-electron chi connectivity index (χ1n) is 6.28. The van der Waals surface area contributed by atoms with Crippen molar-refractivity contribution in [2.45, 2.75) is 6.42 Å². The van der Waals surface area contributed by atoms with Crippen molar-refractivity contribution in [3.05, 3.63) is 18.1 Å². The highest BCUT2D eigenvalue weighted by atomic mass is 16.3. The van der Waals surface area contributed by atoms with Crippen LogP contribution in [0.5, 0.6) is 0 Å². The summed E-state index contributed by atoms with van der Waals surface area (Å²) in [5.41, 5.74) is 0.934. The van der Waals surface area contributed by atoms with Gasteiger partial charge in [0, 0.05) is 13.1 Å². The molecule has 2 saturated heterocycles. The molecule has 2 aliphatic rings. The predicted molar refractivity (Wildman–Crippen MR) is 67.3 cm³/mol. The lowest BCUT2D eigenvalue weighted by Gasteiger charge is -2.41. The Bertz CT molecular complexity index is 420. The van der Waals surface area contributed by atoms with Crippen LogP contribution in [0.4, 0.5) is 0 Å². The Balaban J connectivity index is 1.76. The second-order valence-electron chi connectivity index (χ2n) is 5.27. The molecule has 2 fully saturated rings. The number of hydrogen-bond donors (Lipinski definition) is 1. The van der Waals surface area contributed by atoms with Gasteiger partial charge in [0.25, 0.3) is 5.91 Å². The predicted octanol–water partition coefficient (Wildman–Crippen LogP) is -0.780. The van der Waals surface area contributed by atoms with Crippen LogP contribution in [-0.2, 0) is 0 Å². The minimum Gasteiger partial charge on any atom is -0.460 e. The van der Waals surface area contributed by atoms with Crippen LogP contribution < -0.4 is 10.8 Å². The maximum atomic E-state index is 12.3. The van der Waals surface area contributed by atoms with Gasteiger partial charge in [0.05, 0.1) is 6.26 Å². The fourth-order valence-electron chi connectivity index (χ4n) is 3.01. The number of fused-ring (bicyclic) bond motifs is 2. The van der Waals surface area contributed by atoms with Crippen LogP contribution in [0.2, 0.25) is 0 Å². The van der Waals surface area contributed by atoms with Gasteiger partial charge in [0.1, 0.15) is 7.85 Å². The molecule has 0 aromatic carbocycles. The van der Waals surface area contributed by atoms with Crippen molar-refractivity contribution in [3.8, 4) is 0 Å². The number of nitrogens with zero attached hydrogens (tertiary/aromatic N) is 1.